The molecule has 0 aliphatic carbocycles. The van der Waals surface area contributed by atoms with Gasteiger partial charge in [0.2, 0.25) is 0 Å². The highest BCUT2D eigenvalue weighted by atomic mass is 19.1. The Bertz CT molecular complexity index is 1060. The molecular weight excluding hydrogens is 343 g/mol. The van der Waals surface area contributed by atoms with Gasteiger partial charge in [-0.25, -0.2) is 4.39 Å². The van der Waals surface area contributed by atoms with Gasteiger partial charge in [0.05, 0.1) is 7.11 Å². The van der Waals surface area contributed by atoms with Crippen LogP contribution in [0.2, 0.25) is 0 Å². The van der Waals surface area contributed by atoms with E-state index < -0.39 is 0 Å². The molecule has 0 saturated carbocycles. The minimum Gasteiger partial charge on any atom is -0.493 e. The number of rotatable bonds is 6. The molecule has 136 valence electrons. The van der Waals surface area contributed by atoms with E-state index in [1.807, 2.05) is 42.6 Å². The van der Waals surface area contributed by atoms with Crippen LogP contribution >= 0.6 is 0 Å². The lowest BCUT2D eigenvalue weighted by Gasteiger charge is -2.08. The first-order chi connectivity index (χ1) is 13.2. The maximum atomic E-state index is 13.6. The minimum atomic E-state index is -0.293. The number of nitrogens with zero attached hydrogens (tertiary/aromatic N) is 1. The number of hydrogen-bond acceptors (Lipinski definition) is 4. The van der Waals surface area contributed by atoms with Crippen LogP contribution in [0, 0.1) is 5.82 Å². The Hall–Kier alpha value is -3.18. The zero-order valence-electron chi connectivity index (χ0n) is 14.9. The fourth-order valence-electron chi connectivity index (χ4n) is 3.10. The van der Waals surface area contributed by atoms with Crippen molar-refractivity contribution in [1.29, 1.82) is 0 Å². The normalized spacial score (nSPS) is 11.0. The second-order valence-electron chi connectivity index (χ2n) is 6.26. The number of pyridine rings is 1. The quantitative estimate of drug-likeness (QED) is 0.528. The molecular formula is C22H19FN2O2. The molecule has 0 atom stereocenters. The largest absolute Gasteiger partial charge is 0.493 e. The van der Waals surface area contributed by atoms with Gasteiger partial charge in [-0.15, -0.1) is 0 Å². The summed E-state index contributed by atoms with van der Waals surface area (Å²) in [6.07, 6.45) is 3.60. The first-order valence-corrected chi connectivity index (χ1v) is 8.69. The average molecular weight is 362 g/mol. The monoisotopic (exact) mass is 362 g/mol. The van der Waals surface area contributed by atoms with Crippen molar-refractivity contribution in [3.05, 3.63) is 83.9 Å². The Labute approximate surface area is 156 Å². The number of halogens is 1. The van der Waals surface area contributed by atoms with Gasteiger partial charge in [0.15, 0.2) is 11.3 Å². The van der Waals surface area contributed by atoms with Crippen LogP contribution in [0.5, 0.6) is 5.75 Å². The van der Waals surface area contributed by atoms with Gasteiger partial charge in [0.25, 0.3) is 0 Å². The van der Waals surface area contributed by atoms with E-state index in [1.54, 1.807) is 19.4 Å². The summed E-state index contributed by atoms with van der Waals surface area (Å²) in [5.41, 5.74) is 3.57. The van der Waals surface area contributed by atoms with E-state index in [4.69, 9.17) is 9.15 Å². The van der Waals surface area contributed by atoms with Gasteiger partial charge in [-0.1, -0.05) is 24.3 Å². The van der Waals surface area contributed by atoms with Gasteiger partial charge in [-0.2, -0.15) is 0 Å². The molecule has 0 saturated heterocycles. The lowest BCUT2D eigenvalue weighted by molar-refractivity contribution is 0.410. The van der Waals surface area contributed by atoms with Crippen molar-refractivity contribution in [2.45, 2.75) is 13.1 Å². The molecule has 0 fully saturated rings. The Kier molecular flexibility index (Phi) is 4.85. The highest BCUT2D eigenvalue weighted by Crippen LogP contribution is 2.35. The van der Waals surface area contributed by atoms with Gasteiger partial charge in [0.1, 0.15) is 11.6 Å². The molecule has 1 N–H and O–H groups in total. The smallest absolute Gasteiger partial charge is 0.176 e. The highest BCUT2D eigenvalue weighted by Gasteiger charge is 2.14. The van der Waals surface area contributed by atoms with Gasteiger partial charge >= 0.3 is 0 Å². The summed E-state index contributed by atoms with van der Waals surface area (Å²) in [5, 5.41) is 4.37. The minimum absolute atomic E-state index is 0.293. The number of nitrogens with one attached hydrogen (secondary N) is 1. The number of hydrogen-bond donors (Lipinski definition) is 1. The van der Waals surface area contributed by atoms with Crippen LogP contribution in [-0.4, -0.2) is 12.1 Å². The van der Waals surface area contributed by atoms with Crippen molar-refractivity contribution in [3.8, 4) is 17.1 Å². The van der Waals surface area contributed by atoms with Crippen LogP contribution in [0.15, 0.2) is 71.4 Å². The molecule has 4 nitrogen and oxygen atoms in total. The third-order valence-electron chi connectivity index (χ3n) is 4.43. The van der Waals surface area contributed by atoms with Gasteiger partial charge in [-0.05, 0) is 41.5 Å². The standard InChI is InChI=1S/C22H19FN2O2/c1-26-20-8-7-17(14-25-13-15-4-3-9-24-12-15)19-11-21(27-22(19)20)16-5-2-6-18(23)10-16/h2-12,25H,13-14H2,1H3. The summed E-state index contributed by atoms with van der Waals surface area (Å²) in [4.78, 5) is 4.12. The van der Waals surface area contributed by atoms with Crippen molar-refractivity contribution < 1.29 is 13.5 Å². The summed E-state index contributed by atoms with van der Waals surface area (Å²) in [5.74, 6) is 0.976. The molecule has 2 aromatic heterocycles. The molecule has 2 heterocycles. The average Bonchev–Trinajstić information content (AvgIpc) is 3.15. The molecule has 0 bridgehead atoms. The van der Waals surface area contributed by atoms with Gasteiger partial charge < -0.3 is 14.5 Å². The predicted molar refractivity (Wildman–Crippen MR) is 103 cm³/mol. The Morgan fingerprint density at radius 1 is 1.07 bits per heavy atom. The molecule has 27 heavy (non-hydrogen) atoms. The van der Waals surface area contributed by atoms with Crippen LogP contribution in [0.4, 0.5) is 4.39 Å². The highest BCUT2D eigenvalue weighted by molar-refractivity contribution is 5.90. The summed E-state index contributed by atoms with van der Waals surface area (Å²) in [6, 6.07) is 16.2. The first-order valence-electron chi connectivity index (χ1n) is 8.69. The van der Waals surface area contributed by atoms with E-state index in [-0.39, 0.29) is 5.82 Å². The number of methoxy groups -OCH3 is 1. The van der Waals surface area contributed by atoms with Crippen LogP contribution in [0.25, 0.3) is 22.3 Å². The fraction of sp³-hybridized carbons (Fsp3) is 0.136. The Morgan fingerprint density at radius 3 is 2.78 bits per heavy atom. The Morgan fingerprint density at radius 2 is 2.00 bits per heavy atom. The van der Waals surface area contributed by atoms with E-state index in [9.17, 15) is 4.39 Å². The van der Waals surface area contributed by atoms with E-state index in [1.165, 1.54) is 12.1 Å². The van der Waals surface area contributed by atoms with Crippen molar-refractivity contribution in [2.24, 2.45) is 0 Å². The fourth-order valence-corrected chi connectivity index (χ4v) is 3.10. The molecule has 2 aromatic carbocycles. The zero-order chi connectivity index (χ0) is 18.6. The van der Waals surface area contributed by atoms with Crippen molar-refractivity contribution in [2.75, 3.05) is 7.11 Å². The predicted octanol–water partition coefficient (Wildman–Crippen LogP) is 4.93. The van der Waals surface area contributed by atoms with E-state index >= 15 is 0 Å². The number of aromatic nitrogens is 1. The third-order valence-corrected chi connectivity index (χ3v) is 4.43. The lowest BCUT2D eigenvalue weighted by Crippen LogP contribution is -2.12. The maximum absolute atomic E-state index is 13.6. The van der Waals surface area contributed by atoms with Crippen molar-refractivity contribution in [3.63, 3.8) is 0 Å². The zero-order valence-corrected chi connectivity index (χ0v) is 14.9. The molecule has 0 aliphatic heterocycles. The van der Waals surface area contributed by atoms with Crippen LogP contribution in [0.1, 0.15) is 11.1 Å². The molecule has 0 amide bonds. The number of furan rings is 1. The van der Waals surface area contributed by atoms with Gasteiger partial charge in [0, 0.05) is 36.4 Å². The molecule has 0 unspecified atom stereocenters. The topological polar surface area (TPSA) is 47.3 Å². The molecule has 5 heteroatoms. The van der Waals surface area contributed by atoms with Crippen molar-refractivity contribution in [1.82, 2.24) is 10.3 Å². The molecule has 4 aromatic rings. The van der Waals surface area contributed by atoms with E-state index in [0.717, 1.165) is 23.1 Å². The lowest BCUT2D eigenvalue weighted by atomic mass is 10.1. The van der Waals surface area contributed by atoms with E-state index in [0.29, 0.717) is 29.2 Å². The second-order valence-corrected chi connectivity index (χ2v) is 6.26. The van der Waals surface area contributed by atoms with E-state index in [2.05, 4.69) is 10.3 Å². The molecule has 4 rings (SSSR count). The second kappa shape index (κ2) is 7.60. The molecule has 0 spiro atoms. The number of benzene rings is 2. The first kappa shape index (κ1) is 17.2. The number of ether oxygens (including phenoxy) is 1. The Balaban J connectivity index is 1.64. The maximum Gasteiger partial charge on any atom is 0.176 e. The van der Waals surface area contributed by atoms with Gasteiger partial charge in [-0.3, -0.25) is 4.98 Å². The summed E-state index contributed by atoms with van der Waals surface area (Å²) in [6.45, 7) is 1.38. The summed E-state index contributed by atoms with van der Waals surface area (Å²) < 4.78 is 25.0. The number of fused-ring (bicyclic) bond motifs is 1. The van der Waals surface area contributed by atoms with Crippen LogP contribution in [-0.2, 0) is 13.1 Å². The SMILES string of the molecule is COc1ccc(CNCc2cccnc2)c2cc(-c3cccc(F)c3)oc12. The van der Waals surface area contributed by atoms with Crippen molar-refractivity contribution >= 4 is 11.0 Å². The molecule has 0 aliphatic rings. The van der Waals surface area contributed by atoms with Crippen LogP contribution < -0.4 is 10.1 Å². The summed E-state index contributed by atoms with van der Waals surface area (Å²) in [7, 11) is 1.61. The third kappa shape index (κ3) is 3.68. The molecule has 0 radical (unpaired) electrons. The summed E-state index contributed by atoms with van der Waals surface area (Å²) >= 11 is 0. The van der Waals surface area contributed by atoms with Crippen LogP contribution in [0.3, 0.4) is 0 Å².